The highest BCUT2D eigenvalue weighted by Gasteiger charge is 2.39. The van der Waals surface area contributed by atoms with Gasteiger partial charge < -0.3 is 14.5 Å². The van der Waals surface area contributed by atoms with Crippen molar-refractivity contribution in [2.24, 2.45) is 5.92 Å². The van der Waals surface area contributed by atoms with Crippen LogP contribution in [0.4, 0.5) is 0 Å². The number of nitrogens with zero attached hydrogens (tertiary/aromatic N) is 2. The molecule has 1 aliphatic heterocycles. The van der Waals surface area contributed by atoms with E-state index in [9.17, 15) is 14.4 Å². The van der Waals surface area contributed by atoms with E-state index in [2.05, 4.69) is 6.92 Å². The molecule has 0 radical (unpaired) electrons. The third-order valence-electron chi connectivity index (χ3n) is 5.25. The van der Waals surface area contributed by atoms with E-state index in [1.54, 1.807) is 24.3 Å². The summed E-state index contributed by atoms with van der Waals surface area (Å²) in [6.07, 6.45) is 2.01. The molecule has 0 N–H and O–H groups in total. The maximum absolute atomic E-state index is 13.4. The molecule has 28 heavy (non-hydrogen) atoms. The Hall–Kier alpha value is -2.18. The van der Waals surface area contributed by atoms with Gasteiger partial charge in [-0.1, -0.05) is 31.2 Å². The quantitative estimate of drug-likeness (QED) is 0.682. The number of halogens is 1. The second-order valence-electron chi connectivity index (χ2n) is 7.27. The van der Waals surface area contributed by atoms with E-state index in [0.717, 1.165) is 12.8 Å². The first kappa shape index (κ1) is 20.6. The number of hydrogen-bond donors (Lipinski definition) is 0. The van der Waals surface area contributed by atoms with Crippen molar-refractivity contribution in [2.45, 2.75) is 19.8 Å². The minimum absolute atomic E-state index is 0.125. The van der Waals surface area contributed by atoms with Crippen LogP contribution in [0.15, 0.2) is 35.7 Å². The van der Waals surface area contributed by atoms with E-state index in [1.165, 1.54) is 12.0 Å². The molecule has 1 saturated heterocycles. The molecule has 1 atom stereocenters. The number of allylic oxidation sites excluding steroid dienone is 2. The van der Waals surface area contributed by atoms with Crippen LogP contribution in [-0.4, -0.2) is 66.5 Å². The molecule has 2 aliphatic rings. The third-order valence-corrected chi connectivity index (χ3v) is 5.48. The van der Waals surface area contributed by atoms with Gasteiger partial charge in [-0.15, -0.1) is 11.6 Å². The molecule has 1 aliphatic carbocycles. The number of Topliss-reactive ketones (excluding diaryl/α,β-unsaturated/α-hetero) is 2. The van der Waals surface area contributed by atoms with Crippen LogP contribution >= 0.6 is 11.6 Å². The maximum Gasteiger partial charge on any atom is 0.242 e. The van der Waals surface area contributed by atoms with Gasteiger partial charge in [-0.05, 0) is 18.8 Å². The Bertz CT molecular complexity index is 820. The summed E-state index contributed by atoms with van der Waals surface area (Å²) >= 11 is 5.82. The molecule has 3 rings (SSSR count). The molecule has 1 fully saturated rings. The van der Waals surface area contributed by atoms with Crippen LogP contribution in [-0.2, 0) is 9.53 Å². The number of piperidine rings is 1. The highest BCUT2D eigenvalue weighted by Crippen LogP contribution is 2.33. The lowest BCUT2D eigenvalue weighted by Gasteiger charge is -2.38. The van der Waals surface area contributed by atoms with Crippen LogP contribution in [0, 0.1) is 5.92 Å². The Morgan fingerprint density at radius 1 is 1.25 bits per heavy atom. The van der Waals surface area contributed by atoms with Gasteiger partial charge in [-0.2, -0.15) is 0 Å². The minimum atomic E-state index is -0.420. The topological polar surface area (TPSA) is 66.9 Å². The Morgan fingerprint density at radius 3 is 2.54 bits per heavy atom. The molecular weight excluding hydrogens is 380 g/mol. The largest absolute Gasteiger partial charge is 0.383 e. The van der Waals surface area contributed by atoms with E-state index in [-0.39, 0.29) is 36.3 Å². The van der Waals surface area contributed by atoms with Gasteiger partial charge in [0.05, 0.1) is 6.61 Å². The summed E-state index contributed by atoms with van der Waals surface area (Å²) in [5.41, 5.74) is 1.14. The second-order valence-corrected chi connectivity index (χ2v) is 7.53. The summed E-state index contributed by atoms with van der Waals surface area (Å²) in [6.45, 7) is 3.87. The number of amides is 1. The molecule has 0 spiro atoms. The zero-order valence-corrected chi connectivity index (χ0v) is 17.0. The van der Waals surface area contributed by atoms with Gasteiger partial charge in [0, 0.05) is 37.9 Å². The van der Waals surface area contributed by atoms with Crippen LogP contribution in [0.1, 0.15) is 40.5 Å². The lowest BCUT2D eigenvalue weighted by molar-refractivity contribution is -0.127. The van der Waals surface area contributed by atoms with Crippen molar-refractivity contribution in [1.29, 1.82) is 0 Å². The molecule has 0 bridgehead atoms. The fourth-order valence-corrected chi connectivity index (χ4v) is 4.05. The summed E-state index contributed by atoms with van der Waals surface area (Å²) in [4.78, 5) is 42.7. The molecule has 1 heterocycles. The van der Waals surface area contributed by atoms with Crippen LogP contribution in [0.3, 0.4) is 0 Å². The van der Waals surface area contributed by atoms with Gasteiger partial charge in [-0.3, -0.25) is 14.4 Å². The summed E-state index contributed by atoms with van der Waals surface area (Å²) in [7, 11) is 1.52. The van der Waals surface area contributed by atoms with Gasteiger partial charge >= 0.3 is 0 Å². The van der Waals surface area contributed by atoms with Crippen LogP contribution in [0.5, 0.6) is 0 Å². The molecule has 0 aromatic heterocycles. The summed E-state index contributed by atoms with van der Waals surface area (Å²) < 4.78 is 5.12. The number of likely N-dealkylation sites (tertiary alicyclic amines) is 1. The zero-order chi connectivity index (χ0) is 20.3. The molecule has 1 aromatic carbocycles. The average molecular weight is 405 g/mol. The second kappa shape index (κ2) is 8.88. The summed E-state index contributed by atoms with van der Waals surface area (Å²) in [5.74, 6) is -0.836. The van der Waals surface area contributed by atoms with Crippen molar-refractivity contribution in [3.8, 4) is 0 Å². The van der Waals surface area contributed by atoms with E-state index in [1.807, 2.05) is 4.90 Å². The van der Waals surface area contributed by atoms with Crippen molar-refractivity contribution in [3.05, 3.63) is 46.8 Å². The van der Waals surface area contributed by atoms with Crippen molar-refractivity contribution < 1.29 is 19.1 Å². The van der Waals surface area contributed by atoms with Crippen molar-refractivity contribution in [2.75, 3.05) is 39.2 Å². The predicted molar refractivity (Wildman–Crippen MR) is 106 cm³/mol. The number of hydrogen-bond acceptors (Lipinski definition) is 5. The fraction of sp³-hybridized carbons (Fsp3) is 0.476. The number of benzene rings is 1. The number of methoxy groups -OCH3 is 1. The molecular formula is C21H25ClN2O4. The average Bonchev–Trinajstić information content (AvgIpc) is 2.71. The Kier molecular flexibility index (Phi) is 6.52. The van der Waals surface area contributed by atoms with Gasteiger partial charge in [-0.25, -0.2) is 0 Å². The molecule has 0 saturated carbocycles. The van der Waals surface area contributed by atoms with E-state index < -0.39 is 5.91 Å². The number of rotatable bonds is 6. The van der Waals surface area contributed by atoms with Crippen molar-refractivity contribution >= 4 is 29.1 Å². The molecule has 6 nitrogen and oxygen atoms in total. The Morgan fingerprint density at radius 2 is 1.93 bits per heavy atom. The SMILES string of the molecule is COCCN(C(=O)CCl)C1=C(N2CCCC(C)C2)C(=O)c2ccccc2C1=O. The first-order chi connectivity index (χ1) is 13.5. The lowest BCUT2D eigenvalue weighted by Crippen LogP contribution is -2.46. The predicted octanol–water partition coefficient (Wildman–Crippen LogP) is 2.72. The van der Waals surface area contributed by atoms with Gasteiger partial charge in [0.25, 0.3) is 0 Å². The standard InChI is InChI=1S/C21H25ClN2O4/c1-14-6-5-9-23(13-14)18-19(24(10-11-28-2)17(25)12-22)21(27)16-8-4-3-7-15(16)20(18)26/h3-4,7-8,14H,5-6,9-13H2,1-2H3. The number of fused-ring (bicyclic) bond motifs is 1. The van der Waals surface area contributed by atoms with E-state index >= 15 is 0 Å². The number of carbonyl (C=O) groups excluding carboxylic acids is 3. The number of ether oxygens (including phenoxy) is 1. The Labute approximate surface area is 170 Å². The smallest absolute Gasteiger partial charge is 0.242 e. The van der Waals surface area contributed by atoms with Crippen molar-refractivity contribution in [3.63, 3.8) is 0 Å². The van der Waals surface area contributed by atoms with Crippen LogP contribution < -0.4 is 0 Å². The number of alkyl halides is 1. The number of ketones is 2. The van der Waals surface area contributed by atoms with Crippen LogP contribution in [0.25, 0.3) is 0 Å². The van der Waals surface area contributed by atoms with E-state index in [4.69, 9.17) is 16.3 Å². The normalized spacial score (nSPS) is 19.7. The first-order valence-corrected chi connectivity index (χ1v) is 10.1. The van der Waals surface area contributed by atoms with Gasteiger partial charge in [0.15, 0.2) is 0 Å². The van der Waals surface area contributed by atoms with Crippen molar-refractivity contribution in [1.82, 2.24) is 9.80 Å². The molecule has 7 heteroatoms. The zero-order valence-electron chi connectivity index (χ0n) is 16.2. The van der Waals surface area contributed by atoms with Crippen LogP contribution in [0.2, 0.25) is 0 Å². The maximum atomic E-state index is 13.4. The highest BCUT2D eigenvalue weighted by atomic mass is 35.5. The fourth-order valence-electron chi connectivity index (χ4n) is 3.90. The Balaban J connectivity index is 2.17. The van der Waals surface area contributed by atoms with Gasteiger partial charge in [0.2, 0.25) is 17.5 Å². The summed E-state index contributed by atoms with van der Waals surface area (Å²) in [5, 5.41) is 0. The monoisotopic (exact) mass is 404 g/mol. The molecule has 1 unspecified atom stereocenters. The molecule has 1 amide bonds. The van der Waals surface area contributed by atoms with Gasteiger partial charge in [0.1, 0.15) is 17.3 Å². The molecule has 1 aromatic rings. The minimum Gasteiger partial charge on any atom is -0.383 e. The lowest BCUT2D eigenvalue weighted by atomic mass is 9.87. The number of carbonyl (C=O) groups is 3. The highest BCUT2D eigenvalue weighted by molar-refractivity contribution is 6.30. The first-order valence-electron chi connectivity index (χ1n) is 9.52. The summed E-state index contributed by atoms with van der Waals surface area (Å²) in [6, 6.07) is 6.77. The molecule has 150 valence electrons. The third kappa shape index (κ3) is 3.84. The van der Waals surface area contributed by atoms with E-state index in [0.29, 0.717) is 35.8 Å².